The zero-order chi connectivity index (χ0) is 45.0. The SMILES string of the molecule is Cc1ccc(C)c(N2C(C)(C)CC(OC(=O)CCc3ccc(O)c(C(C)(C)C)c3)CC2(C)C)c1N1C(C)(C)CC(OC(=O)CCc2ccc(O)c(C(C)(C)C)c2)CC1(C)C. The third-order valence-corrected chi connectivity index (χ3v) is 12.9. The molecular weight excluding hydrogens is 749 g/mol. The van der Waals surface area contributed by atoms with Crippen LogP contribution in [0.2, 0.25) is 0 Å². The fourth-order valence-corrected chi connectivity index (χ4v) is 10.8. The minimum Gasteiger partial charge on any atom is -0.508 e. The number of nitrogens with zero attached hydrogens (tertiary/aromatic N) is 2. The molecule has 0 radical (unpaired) electrons. The van der Waals surface area contributed by atoms with Crippen LogP contribution in [0, 0.1) is 13.8 Å². The van der Waals surface area contributed by atoms with Gasteiger partial charge in [-0.15, -0.1) is 0 Å². The van der Waals surface area contributed by atoms with Crippen molar-refractivity contribution in [3.63, 3.8) is 0 Å². The molecule has 3 aromatic carbocycles. The van der Waals surface area contributed by atoms with Crippen LogP contribution in [0.15, 0.2) is 48.5 Å². The number of hydrogen-bond donors (Lipinski definition) is 2. The van der Waals surface area contributed by atoms with Crippen molar-refractivity contribution in [2.75, 3.05) is 9.80 Å². The predicted molar refractivity (Wildman–Crippen MR) is 246 cm³/mol. The fourth-order valence-electron chi connectivity index (χ4n) is 10.8. The van der Waals surface area contributed by atoms with E-state index >= 15 is 0 Å². The summed E-state index contributed by atoms with van der Waals surface area (Å²) in [6.45, 7) is 35.0. The van der Waals surface area contributed by atoms with Gasteiger partial charge in [0.15, 0.2) is 0 Å². The summed E-state index contributed by atoms with van der Waals surface area (Å²) in [7, 11) is 0. The molecule has 0 aliphatic carbocycles. The minimum absolute atomic E-state index is 0.194. The Morgan fingerprint density at radius 3 is 1.15 bits per heavy atom. The highest BCUT2D eigenvalue weighted by Gasteiger charge is 2.52. The van der Waals surface area contributed by atoms with Gasteiger partial charge in [0, 0.05) is 60.7 Å². The Hall–Kier alpha value is -4.20. The van der Waals surface area contributed by atoms with E-state index in [1.54, 1.807) is 12.1 Å². The molecule has 0 spiro atoms. The Kier molecular flexibility index (Phi) is 13.0. The summed E-state index contributed by atoms with van der Waals surface area (Å²) in [6.07, 6.45) is 3.97. The first-order chi connectivity index (χ1) is 27.4. The molecule has 8 nitrogen and oxygen atoms in total. The topological polar surface area (TPSA) is 99.5 Å². The number of rotatable bonds is 10. The number of phenols is 2. The number of aryl methyl sites for hydroxylation is 4. The number of ether oxygens (including phenoxy) is 2. The number of esters is 2. The molecule has 60 heavy (non-hydrogen) atoms. The maximum Gasteiger partial charge on any atom is 0.306 e. The third kappa shape index (κ3) is 10.3. The Bertz CT molecular complexity index is 1880. The van der Waals surface area contributed by atoms with E-state index in [4.69, 9.17) is 9.47 Å². The molecule has 0 aromatic heterocycles. The smallest absolute Gasteiger partial charge is 0.306 e. The standard InChI is InChI=1S/C52H76N2O6/c1-33-17-18-34(2)46(54-51(13,14)31-38(32-52(54,15)16)60-44(58)26-22-36-20-24-42(56)40(28-36)48(6,7)8)45(33)53-49(9,10)29-37(30-50(53,11)12)59-43(57)25-21-35-19-23-41(55)39(27-35)47(3,4)5/h17-20,23-24,27-28,37-38,55-56H,21-22,25-26,29-32H2,1-16H3. The van der Waals surface area contributed by atoms with Crippen molar-refractivity contribution in [2.24, 2.45) is 0 Å². The molecule has 0 atom stereocenters. The Balaban J connectivity index is 1.33. The van der Waals surface area contributed by atoms with Crippen LogP contribution in [0.1, 0.15) is 169 Å². The summed E-state index contributed by atoms with van der Waals surface area (Å²) in [4.78, 5) is 32.1. The lowest BCUT2D eigenvalue weighted by molar-refractivity contribution is -0.153. The largest absolute Gasteiger partial charge is 0.508 e. The van der Waals surface area contributed by atoms with E-state index in [2.05, 4.69) is 133 Å². The van der Waals surface area contributed by atoms with Gasteiger partial charge in [-0.1, -0.05) is 77.9 Å². The van der Waals surface area contributed by atoms with E-state index in [9.17, 15) is 19.8 Å². The van der Waals surface area contributed by atoms with E-state index in [1.165, 1.54) is 22.5 Å². The molecule has 2 saturated heterocycles. The van der Waals surface area contributed by atoms with Crippen LogP contribution in [0.5, 0.6) is 11.5 Å². The van der Waals surface area contributed by atoms with Gasteiger partial charge in [0.05, 0.1) is 11.4 Å². The first kappa shape index (κ1) is 46.9. The number of benzene rings is 3. The van der Waals surface area contributed by atoms with Gasteiger partial charge in [-0.25, -0.2) is 0 Å². The molecule has 0 bridgehead atoms. The molecule has 3 aromatic rings. The molecule has 2 aliphatic heterocycles. The van der Waals surface area contributed by atoms with Gasteiger partial charge in [0.25, 0.3) is 0 Å². The van der Waals surface area contributed by atoms with Crippen molar-refractivity contribution < 1.29 is 29.3 Å². The van der Waals surface area contributed by atoms with Crippen molar-refractivity contribution in [1.29, 1.82) is 0 Å². The quantitative estimate of drug-likeness (QED) is 0.195. The monoisotopic (exact) mass is 825 g/mol. The molecule has 0 saturated carbocycles. The highest BCUT2D eigenvalue weighted by Crippen LogP contribution is 2.53. The normalized spacial score (nSPS) is 19.3. The fraction of sp³-hybridized carbons (Fsp3) is 0.615. The lowest BCUT2D eigenvalue weighted by atomic mass is 9.75. The van der Waals surface area contributed by atoms with Crippen LogP contribution in [0.4, 0.5) is 11.4 Å². The van der Waals surface area contributed by atoms with E-state index < -0.39 is 0 Å². The number of anilines is 2. The lowest BCUT2D eigenvalue weighted by Gasteiger charge is -2.61. The predicted octanol–water partition coefficient (Wildman–Crippen LogP) is 11.7. The van der Waals surface area contributed by atoms with Crippen molar-refractivity contribution in [1.82, 2.24) is 0 Å². The summed E-state index contributed by atoms with van der Waals surface area (Å²) in [6, 6.07) is 15.7. The van der Waals surface area contributed by atoms with Gasteiger partial charge in [-0.3, -0.25) is 9.59 Å². The Morgan fingerprint density at radius 1 is 0.567 bits per heavy atom. The summed E-state index contributed by atoms with van der Waals surface area (Å²) in [5.74, 6) is 0.173. The highest BCUT2D eigenvalue weighted by molar-refractivity contribution is 5.81. The highest BCUT2D eigenvalue weighted by atomic mass is 16.5. The van der Waals surface area contributed by atoms with Gasteiger partial charge in [-0.2, -0.15) is 0 Å². The van der Waals surface area contributed by atoms with Gasteiger partial charge in [0.1, 0.15) is 23.7 Å². The minimum atomic E-state index is -0.355. The zero-order valence-corrected chi connectivity index (χ0v) is 39.9. The van der Waals surface area contributed by atoms with Crippen LogP contribution >= 0.6 is 0 Å². The van der Waals surface area contributed by atoms with Crippen LogP contribution < -0.4 is 9.80 Å². The Labute approximate surface area is 362 Å². The zero-order valence-electron chi connectivity index (χ0n) is 39.9. The molecule has 2 fully saturated rings. The summed E-state index contributed by atoms with van der Waals surface area (Å²) >= 11 is 0. The van der Waals surface area contributed by atoms with E-state index in [0.29, 0.717) is 38.5 Å². The van der Waals surface area contributed by atoms with Crippen LogP contribution in [-0.4, -0.2) is 56.5 Å². The molecule has 330 valence electrons. The van der Waals surface area contributed by atoms with Gasteiger partial charge < -0.3 is 29.5 Å². The molecule has 2 N–H and O–H groups in total. The molecule has 8 heteroatoms. The number of aromatic hydroxyl groups is 2. The second-order valence-electron chi connectivity index (χ2n) is 22.6. The van der Waals surface area contributed by atoms with Crippen LogP contribution in [0.3, 0.4) is 0 Å². The van der Waals surface area contributed by atoms with Crippen LogP contribution in [0.25, 0.3) is 0 Å². The molecular formula is C52H76N2O6. The van der Waals surface area contributed by atoms with Gasteiger partial charge in [0.2, 0.25) is 0 Å². The summed E-state index contributed by atoms with van der Waals surface area (Å²) in [5.41, 5.74) is 6.76. The second kappa shape index (κ2) is 16.6. The summed E-state index contributed by atoms with van der Waals surface area (Å²) < 4.78 is 12.6. The van der Waals surface area contributed by atoms with Crippen molar-refractivity contribution in [3.8, 4) is 11.5 Å². The number of phenolic OH excluding ortho intramolecular Hbond substituents is 2. The lowest BCUT2D eigenvalue weighted by Crippen LogP contribution is -2.65. The van der Waals surface area contributed by atoms with Gasteiger partial charge >= 0.3 is 11.9 Å². The van der Waals surface area contributed by atoms with E-state index in [-0.39, 0.29) is 81.5 Å². The molecule has 0 amide bonds. The van der Waals surface area contributed by atoms with E-state index in [1.807, 2.05) is 24.3 Å². The number of carbonyl (C=O) groups is 2. The van der Waals surface area contributed by atoms with Crippen molar-refractivity contribution >= 4 is 23.3 Å². The van der Waals surface area contributed by atoms with Crippen LogP contribution in [-0.2, 0) is 42.7 Å². The van der Waals surface area contributed by atoms with Crippen molar-refractivity contribution in [3.05, 3.63) is 81.9 Å². The maximum atomic E-state index is 13.4. The number of hydrogen-bond acceptors (Lipinski definition) is 8. The molecule has 0 unspecified atom stereocenters. The Morgan fingerprint density at radius 2 is 0.867 bits per heavy atom. The third-order valence-electron chi connectivity index (χ3n) is 12.9. The average molecular weight is 825 g/mol. The number of piperidine rings is 2. The second-order valence-corrected chi connectivity index (χ2v) is 22.6. The first-order valence-corrected chi connectivity index (χ1v) is 22.2. The molecule has 2 heterocycles. The average Bonchev–Trinajstić information content (AvgIpc) is 3.07. The first-order valence-electron chi connectivity index (χ1n) is 22.2. The van der Waals surface area contributed by atoms with Crippen molar-refractivity contribution in [2.45, 2.75) is 207 Å². The summed E-state index contributed by atoms with van der Waals surface area (Å²) in [5, 5.41) is 20.9. The number of carbonyl (C=O) groups excluding carboxylic acids is 2. The van der Waals surface area contributed by atoms with E-state index in [0.717, 1.165) is 22.3 Å². The molecule has 2 aliphatic rings. The van der Waals surface area contributed by atoms with Gasteiger partial charge in [-0.05, 0) is 138 Å². The maximum absolute atomic E-state index is 13.4. The molecule has 5 rings (SSSR count).